The Morgan fingerprint density at radius 3 is 2.59 bits per heavy atom. The van der Waals surface area contributed by atoms with E-state index in [-0.39, 0.29) is 23.0 Å². The fourth-order valence-corrected chi connectivity index (χ4v) is 5.07. The highest BCUT2D eigenvalue weighted by molar-refractivity contribution is 7.19. The molecule has 1 N–H and O–H groups in total. The zero-order chi connectivity index (χ0) is 20.8. The van der Waals surface area contributed by atoms with Gasteiger partial charge in [0, 0.05) is 17.5 Å². The van der Waals surface area contributed by atoms with Gasteiger partial charge in [-0.25, -0.2) is 4.98 Å². The van der Waals surface area contributed by atoms with E-state index < -0.39 is 0 Å². The maximum atomic E-state index is 12.9. The lowest BCUT2D eigenvalue weighted by atomic mass is 9.80. The number of hydrogen-bond acceptors (Lipinski definition) is 6. The van der Waals surface area contributed by atoms with E-state index in [1.165, 1.54) is 11.3 Å². The Kier molecular flexibility index (Phi) is 4.91. The molecule has 0 saturated carbocycles. The van der Waals surface area contributed by atoms with Crippen LogP contribution in [-0.4, -0.2) is 32.3 Å². The molecule has 1 aliphatic heterocycles. The molecular weight excluding hydrogens is 384 g/mol. The second kappa shape index (κ2) is 7.15. The van der Waals surface area contributed by atoms with Crippen LogP contribution in [0.5, 0.6) is 0 Å². The van der Waals surface area contributed by atoms with Gasteiger partial charge in [-0.15, -0.1) is 0 Å². The van der Waals surface area contributed by atoms with Gasteiger partial charge < -0.3 is 10.1 Å². The zero-order valence-corrected chi connectivity index (χ0v) is 18.3. The number of nitrogens with one attached hydrogen (secondary N) is 1. The monoisotopic (exact) mass is 410 g/mol. The van der Waals surface area contributed by atoms with Crippen molar-refractivity contribution in [2.24, 2.45) is 5.92 Å². The maximum absolute atomic E-state index is 12.9. The molecule has 1 aliphatic rings. The maximum Gasteiger partial charge on any atom is 0.229 e. The van der Waals surface area contributed by atoms with Gasteiger partial charge in [-0.1, -0.05) is 17.4 Å². The number of hydrogen-bond donors (Lipinski definition) is 1. The normalized spacial score (nSPS) is 18.7. The van der Waals surface area contributed by atoms with Gasteiger partial charge in [0.2, 0.25) is 5.91 Å². The number of benzene rings is 1. The number of fused-ring (bicyclic) bond motifs is 1. The predicted octanol–water partition coefficient (Wildman–Crippen LogP) is 4.98. The molecule has 3 aromatic rings. The Morgan fingerprint density at radius 2 is 1.86 bits per heavy atom. The Labute approximate surface area is 174 Å². The summed E-state index contributed by atoms with van der Waals surface area (Å²) < 4.78 is 6.09. The number of rotatable bonds is 3. The van der Waals surface area contributed by atoms with E-state index in [4.69, 9.17) is 4.74 Å². The van der Waals surface area contributed by atoms with E-state index >= 15 is 0 Å². The lowest BCUT2D eigenvalue weighted by molar-refractivity contribution is -0.176. The number of anilines is 1. The standard InChI is InChI=1S/C22H26N4O2S/c1-13-8-15-9-14(6-7-17(15)26-25-13)18-12-23-20(29-18)24-19(27)16-10-21(2,3)28-22(4,5)11-16/h6-9,12,16H,10-11H2,1-5H3,(H,23,24,27). The number of aromatic nitrogens is 3. The number of nitrogens with zero attached hydrogens (tertiary/aromatic N) is 3. The third-order valence-electron chi connectivity index (χ3n) is 5.13. The summed E-state index contributed by atoms with van der Waals surface area (Å²) in [7, 11) is 0. The molecule has 1 aromatic carbocycles. The first-order valence-corrected chi connectivity index (χ1v) is 10.6. The summed E-state index contributed by atoms with van der Waals surface area (Å²) >= 11 is 1.48. The largest absolute Gasteiger partial charge is 0.370 e. The molecule has 6 nitrogen and oxygen atoms in total. The van der Waals surface area contributed by atoms with Crippen molar-refractivity contribution in [2.75, 3.05) is 5.32 Å². The average molecular weight is 411 g/mol. The fraction of sp³-hybridized carbons (Fsp3) is 0.455. The van der Waals surface area contributed by atoms with E-state index in [1.54, 1.807) is 6.20 Å². The molecule has 0 spiro atoms. The van der Waals surface area contributed by atoms with Gasteiger partial charge in [0.15, 0.2) is 5.13 Å². The van der Waals surface area contributed by atoms with Crippen LogP contribution in [0.3, 0.4) is 0 Å². The Morgan fingerprint density at radius 1 is 1.14 bits per heavy atom. The van der Waals surface area contributed by atoms with Crippen LogP contribution in [-0.2, 0) is 9.53 Å². The van der Waals surface area contributed by atoms with Crippen molar-refractivity contribution in [3.63, 3.8) is 0 Å². The molecule has 0 atom stereocenters. The van der Waals surface area contributed by atoms with Crippen molar-refractivity contribution in [3.8, 4) is 10.4 Å². The summed E-state index contributed by atoms with van der Waals surface area (Å²) in [5.74, 6) is -0.0805. The van der Waals surface area contributed by atoms with Gasteiger partial charge in [-0.05, 0) is 71.2 Å². The van der Waals surface area contributed by atoms with E-state index in [1.807, 2.05) is 52.8 Å². The number of amides is 1. The number of ether oxygens (including phenoxy) is 1. The number of carbonyl (C=O) groups is 1. The summed E-state index contributed by atoms with van der Waals surface area (Å²) in [6.45, 7) is 10.1. The molecule has 0 radical (unpaired) electrons. The van der Waals surface area contributed by atoms with Crippen molar-refractivity contribution < 1.29 is 9.53 Å². The summed E-state index contributed by atoms with van der Waals surface area (Å²) in [4.78, 5) is 18.3. The minimum atomic E-state index is -0.316. The topological polar surface area (TPSA) is 77.0 Å². The van der Waals surface area contributed by atoms with Gasteiger partial charge in [-0.2, -0.15) is 10.2 Å². The van der Waals surface area contributed by atoms with Crippen LogP contribution in [0.1, 0.15) is 46.2 Å². The number of thiazole rings is 1. The molecule has 3 heterocycles. The van der Waals surface area contributed by atoms with Crippen molar-refractivity contribution in [1.29, 1.82) is 0 Å². The molecule has 1 fully saturated rings. The first kappa shape index (κ1) is 19.9. The SMILES string of the molecule is Cc1cc2cc(-c3cnc(NC(=O)C4CC(C)(C)OC(C)(C)C4)s3)ccc2nn1. The minimum absolute atomic E-state index is 0.0137. The van der Waals surface area contributed by atoms with Crippen LogP contribution in [0.25, 0.3) is 21.3 Å². The number of aryl methyl sites for hydroxylation is 1. The molecule has 2 aromatic heterocycles. The van der Waals surface area contributed by atoms with Crippen LogP contribution >= 0.6 is 11.3 Å². The predicted molar refractivity (Wildman–Crippen MR) is 116 cm³/mol. The van der Waals surface area contributed by atoms with E-state index in [0.29, 0.717) is 18.0 Å². The molecule has 1 saturated heterocycles. The first-order chi connectivity index (χ1) is 13.6. The van der Waals surface area contributed by atoms with Gasteiger partial charge in [0.05, 0.1) is 27.3 Å². The summed E-state index contributed by atoms with van der Waals surface area (Å²) in [5, 5.41) is 13.0. The van der Waals surface area contributed by atoms with Crippen LogP contribution in [0.15, 0.2) is 30.5 Å². The molecule has 1 amide bonds. The Bertz CT molecular complexity index is 1060. The van der Waals surface area contributed by atoms with Gasteiger partial charge in [0.25, 0.3) is 0 Å². The van der Waals surface area contributed by atoms with Crippen LogP contribution in [0.2, 0.25) is 0 Å². The van der Waals surface area contributed by atoms with E-state index in [2.05, 4.69) is 26.6 Å². The molecule has 0 bridgehead atoms. The lowest BCUT2D eigenvalue weighted by Gasteiger charge is -2.44. The van der Waals surface area contributed by atoms with Crippen LogP contribution in [0, 0.1) is 12.8 Å². The zero-order valence-electron chi connectivity index (χ0n) is 17.4. The minimum Gasteiger partial charge on any atom is -0.370 e. The van der Waals surface area contributed by atoms with Crippen molar-refractivity contribution in [3.05, 3.63) is 36.2 Å². The van der Waals surface area contributed by atoms with Crippen LogP contribution < -0.4 is 5.32 Å². The number of carbonyl (C=O) groups excluding carboxylic acids is 1. The van der Waals surface area contributed by atoms with Crippen molar-refractivity contribution in [1.82, 2.24) is 15.2 Å². The first-order valence-electron chi connectivity index (χ1n) is 9.82. The molecule has 0 unspecified atom stereocenters. The molecule has 4 rings (SSSR count). The smallest absolute Gasteiger partial charge is 0.229 e. The third kappa shape index (κ3) is 4.46. The van der Waals surface area contributed by atoms with E-state index in [9.17, 15) is 4.79 Å². The summed E-state index contributed by atoms with van der Waals surface area (Å²) in [5.41, 5.74) is 2.17. The summed E-state index contributed by atoms with van der Waals surface area (Å²) in [6, 6.07) is 8.07. The molecular formula is C22H26N4O2S. The van der Waals surface area contributed by atoms with Crippen LogP contribution in [0.4, 0.5) is 5.13 Å². The van der Waals surface area contributed by atoms with Crippen molar-refractivity contribution >= 4 is 33.3 Å². The highest BCUT2D eigenvalue weighted by atomic mass is 32.1. The fourth-order valence-electron chi connectivity index (χ4n) is 4.25. The highest BCUT2D eigenvalue weighted by Gasteiger charge is 2.42. The molecule has 29 heavy (non-hydrogen) atoms. The molecule has 0 aliphatic carbocycles. The Balaban J connectivity index is 1.51. The molecule has 152 valence electrons. The Hall–Kier alpha value is -2.38. The van der Waals surface area contributed by atoms with E-state index in [0.717, 1.165) is 27.0 Å². The second-order valence-corrected chi connectivity index (χ2v) is 10.0. The van der Waals surface area contributed by atoms with Gasteiger partial charge in [-0.3, -0.25) is 4.79 Å². The second-order valence-electron chi connectivity index (χ2n) is 9.00. The quantitative estimate of drug-likeness (QED) is 0.659. The average Bonchev–Trinajstić information content (AvgIpc) is 3.07. The third-order valence-corrected chi connectivity index (χ3v) is 6.09. The lowest BCUT2D eigenvalue weighted by Crippen LogP contribution is -2.48. The summed E-state index contributed by atoms with van der Waals surface area (Å²) in [6.07, 6.45) is 3.21. The van der Waals surface area contributed by atoms with Crippen molar-refractivity contribution in [2.45, 2.75) is 58.7 Å². The highest BCUT2D eigenvalue weighted by Crippen LogP contribution is 2.39. The van der Waals surface area contributed by atoms with Gasteiger partial charge in [0.1, 0.15) is 0 Å². The molecule has 7 heteroatoms. The van der Waals surface area contributed by atoms with Gasteiger partial charge >= 0.3 is 0 Å².